The van der Waals surface area contributed by atoms with E-state index in [1.54, 1.807) is 20.8 Å². The van der Waals surface area contributed by atoms with Crippen LogP contribution in [-0.4, -0.2) is 11.6 Å². The molecular weight excluding hydrogens is 130 g/mol. The van der Waals surface area contributed by atoms with Crippen molar-refractivity contribution in [3.05, 3.63) is 0 Å². The number of carbonyl (C=O) groups excluding carboxylic acids is 1. The van der Waals surface area contributed by atoms with Gasteiger partial charge in [-0.25, -0.2) is 0 Å². The number of hydrogen-bond acceptors (Lipinski definition) is 3. The Morgan fingerprint density at radius 1 is 1.20 bits per heavy atom. The highest BCUT2D eigenvalue weighted by molar-refractivity contribution is 5.84. The van der Waals surface area contributed by atoms with Crippen LogP contribution in [0.25, 0.3) is 0 Å². The van der Waals surface area contributed by atoms with Gasteiger partial charge in [0.1, 0.15) is 5.66 Å². The van der Waals surface area contributed by atoms with Gasteiger partial charge < -0.3 is 17.2 Å². The smallest absolute Gasteiger partial charge is 0.252 e. The van der Waals surface area contributed by atoms with E-state index in [1.165, 1.54) is 0 Å². The summed E-state index contributed by atoms with van der Waals surface area (Å²) < 4.78 is 0. The van der Waals surface area contributed by atoms with Crippen molar-refractivity contribution in [3.8, 4) is 0 Å². The molecule has 0 aromatic rings. The molecule has 4 nitrogen and oxygen atoms in total. The summed E-state index contributed by atoms with van der Waals surface area (Å²) in [6, 6.07) is 0. The summed E-state index contributed by atoms with van der Waals surface area (Å²) in [5, 5.41) is 0. The van der Waals surface area contributed by atoms with Crippen LogP contribution in [0.2, 0.25) is 0 Å². The first kappa shape index (κ1) is 9.39. The largest absolute Gasteiger partial charge is 0.367 e. The van der Waals surface area contributed by atoms with Crippen LogP contribution in [0.3, 0.4) is 0 Å². The van der Waals surface area contributed by atoms with Gasteiger partial charge in [-0.3, -0.25) is 4.79 Å². The van der Waals surface area contributed by atoms with E-state index in [-0.39, 0.29) is 0 Å². The van der Waals surface area contributed by atoms with Gasteiger partial charge in [0, 0.05) is 5.41 Å². The van der Waals surface area contributed by atoms with Crippen molar-refractivity contribution in [1.29, 1.82) is 0 Å². The van der Waals surface area contributed by atoms with E-state index in [4.69, 9.17) is 17.2 Å². The molecule has 10 heavy (non-hydrogen) atoms. The van der Waals surface area contributed by atoms with E-state index in [2.05, 4.69) is 0 Å². The van der Waals surface area contributed by atoms with Gasteiger partial charge in [0.2, 0.25) is 0 Å². The lowest BCUT2D eigenvalue weighted by Crippen LogP contribution is -2.67. The van der Waals surface area contributed by atoms with E-state index < -0.39 is 17.0 Å². The summed E-state index contributed by atoms with van der Waals surface area (Å²) in [5.74, 6) is -0.681. The molecule has 0 aliphatic rings. The van der Waals surface area contributed by atoms with Crippen molar-refractivity contribution in [2.75, 3.05) is 0 Å². The van der Waals surface area contributed by atoms with Gasteiger partial charge in [-0.2, -0.15) is 0 Å². The van der Waals surface area contributed by atoms with Crippen LogP contribution in [0.4, 0.5) is 0 Å². The third-order valence-electron chi connectivity index (χ3n) is 1.65. The van der Waals surface area contributed by atoms with Crippen LogP contribution in [0.15, 0.2) is 0 Å². The van der Waals surface area contributed by atoms with Gasteiger partial charge in [0.25, 0.3) is 5.91 Å². The van der Waals surface area contributed by atoms with Gasteiger partial charge in [-0.15, -0.1) is 0 Å². The lowest BCUT2D eigenvalue weighted by atomic mass is 9.81. The highest BCUT2D eigenvalue weighted by atomic mass is 16.1. The van der Waals surface area contributed by atoms with Crippen molar-refractivity contribution in [1.82, 2.24) is 0 Å². The van der Waals surface area contributed by atoms with Crippen molar-refractivity contribution >= 4 is 5.91 Å². The van der Waals surface area contributed by atoms with Crippen LogP contribution in [0.5, 0.6) is 0 Å². The van der Waals surface area contributed by atoms with E-state index in [0.29, 0.717) is 0 Å². The SMILES string of the molecule is CC(C)(C)C(N)(N)C(N)=O. The predicted molar refractivity (Wildman–Crippen MR) is 39.8 cm³/mol. The molecule has 0 saturated carbocycles. The summed E-state index contributed by atoms with van der Waals surface area (Å²) >= 11 is 0. The molecule has 0 atom stereocenters. The van der Waals surface area contributed by atoms with Crippen LogP contribution >= 0.6 is 0 Å². The minimum Gasteiger partial charge on any atom is -0.367 e. The first-order chi connectivity index (χ1) is 4.19. The quantitative estimate of drug-likeness (QED) is 0.418. The predicted octanol–water partition coefficient (Wildman–Crippen LogP) is -0.868. The maximum Gasteiger partial charge on any atom is 0.252 e. The zero-order chi connectivity index (χ0) is 8.58. The normalized spacial score (nSPS) is 13.3. The number of primary amides is 1. The second kappa shape index (κ2) is 2.21. The molecule has 0 saturated heterocycles. The summed E-state index contributed by atoms with van der Waals surface area (Å²) in [5.41, 5.74) is 13.9. The monoisotopic (exact) mass is 145 g/mol. The molecule has 0 aromatic carbocycles. The van der Waals surface area contributed by atoms with Crippen LogP contribution < -0.4 is 17.2 Å². The van der Waals surface area contributed by atoms with Gasteiger partial charge in [-0.1, -0.05) is 20.8 Å². The third-order valence-corrected chi connectivity index (χ3v) is 1.65. The number of nitrogens with two attached hydrogens (primary N) is 3. The first-order valence-corrected chi connectivity index (χ1v) is 3.07. The molecule has 60 valence electrons. The molecule has 1 amide bonds. The zero-order valence-corrected chi connectivity index (χ0v) is 6.64. The first-order valence-electron chi connectivity index (χ1n) is 3.07. The Morgan fingerprint density at radius 3 is 1.50 bits per heavy atom. The molecule has 0 spiro atoms. The molecule has 0 unspecified atom stereocenters. The molecule has 0 heterocycles. The van der Waals surface area contributed by atoms with Crippen molar-refractivity contribution in [2.45, 2.75) is 26.4 Å². The van der Waals surface area contributed by atoms with E-state index in [0.717, 1.165) is 0 Å². The second-order valence-corrected chi connectivity index (χ2v) is 3.48. The van der Waals surface area contributed by atoms with Crippen LogP contribution in [0.1, 0.15) is 20.8 Å². The molecule has 0 aliphatic carbocycles. The molecule has 6 N–H and O–H groups in total. The molecule has 0 fully saturated rings. The highest BCUT2D eigenvalue weighted by Crippen LogP contribution is 2.22. The summed E-state index contributed by atoms with van der Waals surface area (Å²) in [7, 11) is 0. The fraction of sp³-hybridized carbons (Fsp3) is 0.833. The summed E-state index contributed by atoms with van der Waals surface area (Å²) in [6.45, 7) is 5.28. The van der Waals surface area contributed by atoms with E-state index in [1.807, 2.05) is 0 Å². The van der Waals surface area contributed by atoms with Crippen molar-refractivity contribution in [3.63, 3.8) is 0 Å². The average Bonchev–Trinajstić information content (AvgIpc) is 1.62. The maximum absolute atomic E-state index is 10.6. The van der Waals surface area contributed by atoms with E-state index in [9.17, 15) is 4.79 Å². The molecule has 0 aliphatic heterocycles. The van der Waals surface area contributed by atoms with E-state index >= 15 is 0 Å². The molecule has 0 radical (unpaired) electrons. The Morgan fingerprint density at radius 2 is 1.50 bits per heavy atom. The Kier molecular flexibility index (Phi) is 2.08. The zero-order valence-electron chi connectivity index (χ0n) is 6.64. The Labute approximate surface area is 60.7 Å². The Hall–Kier alpha value is -0.610. The summed E-state index contributed by atoms with van der Waals surface area (Å²) in [4.78, 5) is 10.6. The number of carbonyl (C=O) groups is 1. The van der Waals surface area contributed by atoms with Gasteiger partial charge in [-0.05, 0) is 0 Å². The maximum atomic E-state index is 10.6. The highest BCUT2D eigenvalue weighted by Gasteiger charge is 2.39. The third kappa shape index (κ3) is 1.46. The van der Waals surface area contributed by atoms with Gasteiger partial charge >= 0.3 is 0 Å². The number of amides is 1. The standard InChI is InChI=1S/C6H15N3O/c1-5(2,3)6(8,9)4(7)10/h8-9H2,1-3H3,(H2,7,10). The minimum atomic E-state index is -1.42. The lowest BCUT2D eigenvalue weighted by Gasteiger charge is -2.34. The Balaban J connectivity index is 4.57. The molecule has 0 bridgehead atoms. The number of rotatable bonds is 1. The average molecular weight is 145 g/mol. The number of hydrogen-bond donors (Lipinski definition) is 3. The minimum absolute atomic E-state index is 0.501. The fourth-order valence-corrected chi connectivity index (χ4v) is 0.370. The molecular formula is C6H15N3O. The van der Waals surface area contributed by atoms with Gasteiger partial charge in [0.15, 0.2) is 0 Å². The summed E-state index contributed by atoms with van der Waals surface area (Å²) in [6.07, 6.45) is 0. The van der Waals surface area contributed by atoms with Crippen molar-refractivity contribution < 1.29 is 4.79 Å². The Bertz CT molecular complexity index is 146. The van der Waals surface area contributed by atoms with Crippen molar-refractivity contribution in [2.24, 2.45) is 22.6 Å². The van der Waals surface area contributed by atoms with Crippen LogP contribution in [-0.2, 0) is 4.79 Å². The lowest BCUT2D eigenvalue weighted by molar-refractivity contribution is -0.126. The molecule has 4 heteroatoms. The fourth-order valence-electron chi connectivity index (χ4n) is 0.370. The molecule has 0 aromatic heterocycles. The second-order valence-electron chi connectivity index (χ2n) is 3.48. The van der Waals surface area contributed by atoms with Gasteiger partial charge in [0.05, 0.1) is 0 Å². The van der Waals surface area contributed by atoms with Crippen LogP contribution in [0, 0.1) is 5.41 Å². The topological polar surface area (TPSA) is 95.1 Å². The molecule has 0 rings (SSSR count).